The van der Waals surface area contributed by atoms with Crippen molar-refractivity contribution < 1.29 is 19.0 Å². The number of rotatable bonds is 5. The molecule has 2 aromatic rings. The van der Waals surface area contributed by atoms with Gasteiger partial charge >= 0.3 is 0 Å². The largest absolute Gasteiger partial charge is 0.493 e. The summed E-state index contributed by atoms with van der Waals surface area (Å²) in [7, 11) is 4.76. The molecule has 6 heteroatoms. The zero-order valence-corrected chi connectivity index (χ0v) is 14.0. The number of methoxy groups -OCH3 is 3. The molecule has 0 bridgehead atoms. The quantitative estimate of drug-likeness (QED) is 0.914. The van der Waals surface area contributed by atoms with Crippen molar-refractivity contribution in [1.29, 1.82) is 0 Å². The van der Waals surface area contributed by atoms with Crippen molar-refractivity contribution in [3.63, 3.8) is 0 Å². The Morgan fingerprint density at radius 2 is 1.75 bits per heavy atom. The van der Waals surface area contributed by atoms with Gasteiger partial charge in [0.05, 0.1) is 39.2 Å². The standard InChI is InChI=1S/C18H20N2O4/c1-22-15-9-8-12(17(23-2)18(15)24-3)10-20-11-16(21)19-13-6-4-5-7-14(13)20/h4-9H,10-11H2,1-3H3,(H,19,21). The summed E-state index contributed by atoms with van der Waals surface area (Å²) in [6.07, 6.45) is 0. The predicted molar refractivity (Wildman–Crippen MR) is 92.2 cm³/mol. The molecule has 1 amide bonds. The molecular weight excluding hydrogens is 308 g/mol. The fourth-order valence-electron chi connectivity index (χ4n) is 2.94. The molecule has 0 unspecified atom stereocenters. The van der Waals surface area contributed by atoms with Crippen molar-refractivity contribution in [2.45, 2.75) is 6.54 Å². The third-order valence-electron chi connectivity index (χ3n) is 4.00. The first-order valence-corrected chi connectivity index (χ1v) is 7.59. The van der Waals surface area contributed by atoms with Crippen LogP contribution in [0.3, 0.4) is 0 Å². The van der Waals surface area contributed by atoms with Gasteiger partial charge in [-0.15, -0.1) is 0 Å². The lowest BCUT2D eigenvalue weighted by Gasteiger charge is -2.31. The van der Waals surface area contributed by atoms with E-state index in [1.807, 2.05) is 41.3 Å². The average molecular weight is 328 g/mol. The molecule has 0 spiro atoms. The molecule has 0 saturated carbocycles. The Labute approximate surface area is 140 Å². The first-order chi connectivity index (χ1) is 11.7. The van der Waals surface area contributed by atoms with Crippen LogP contribution in [0.25, 0.3) is 0 Å². The monoisotopic (exact) mass is 328 g/mol. The van der Waals surface area contributed by atoms with Gasteiger partial charge in [-0.25, -0.2) is 0 Å². The lowest BCUT2D eigenvalue weighted by molar-refractivity contribution is -0.115. The van der Waals surface area contributed by atoms with Gasteiger partial charge in [-0.05, 0) is 24.3 Å². The number of amides is 1. The molecule has 3 rings (SSSR count). The second-order valence-electron chi connectivity index (χ2n) is 5.41. The Kier molecular flexibility index (Phi) is 4.46. The van der Waals surface area contributed by atoms with Gasteiger partial charge in [0.15, 0.2) is 11.5 Å². The second-order valence-corrected chi connectivity index (χ2v) is 5.41. The van der Waals surface area contributed by atoms with E-state index in [2.05, 4.69) is 5.32 Å². The number of ether oxygens (including phenoxy) is 3. The van der Waals surface area contributed by atoms with Gasteiger partial charge in [0, 0.05) is 12.1 Å². The maximum atomic E-state index is 12.0. The third-order valence-corrected chi connectivity index (χ3v) is 4.00. The van der Waals surface area contributed by atoms with E-state index in [4.69, 9.17) is 14.2 Å². The Morgan fingerprint density at radius 1 is 1.00 bits per heavy atom. The second kappa shape index (κ2) is 6.70. The summed E-state index contributed by atoms with van der Waals surface area (Å²) in [5.41, 5.74) is 2.71. The van der Waals surface area contributed by atoms with Crippen molar-refractivity contribution in [1.82, 2.24) is 0 Å². The molecule has 0 aromatic heterocycles. The number of para-hydroxylation sites is 2. The first-order valence-electron chi connectivity index (χ1n) is 7.59. The number of hydrogen-bond donors (Lipinski definition) is 1. The molecule has 1 N–H and O–H groups in total. The van der Waals surface area contributed by atoms with Crippen LogP contribution in [0.1, 0.15) is 5.56 Å². The first kappa shape index (κ1) is 16.0. The Balaban J connectivity index is 1.98. The molecule has 1 aliphatic heterocycles. The van der Waals surface area contributed by atoms with Crippen LogP contribution < -0.4 is 24.4 Å². The van der Waals surface area contributed by atoms with E-state index in [9.17, 15) is 4.79 Å². The summed E-state index contributed by atoms with van der Waals surface area (Å²) in [4.78, 5) is 14.0. The van der Waals surface area contributed by atoms with E-state index >= 15 is 0 Å². The summed E-state index contributed by atoms with van der Waals surface area (Å²) >= 11 is 0. The molecular formula is C18H20N2O4. The summed E-state index contributed by atoms with van der Waals surface area (Å²) in [6, 6.07) is 11.5. The van der Waals surface area contributed by atoms with Gasteiger partial charge < -0.3 is 24.4 Å². The number of fused-ring (bicyclic) bond motifs is 1. The lowest BCUT2D eigenvalue weighted by atomic mass is 10.1. The van der Waals surface area contributed by atoms with Gasteiger partial charge in [-0.2, -0.15) is 0 Å². The number of carbonyl (C=O) groups is 1. The van der Waals surface area contributed by atoms with Gasteiger partial charge in [-0.3, -0.25) is 4.79 Å². The highest BCUT2D eigenvalue weighted by atomic mass is 16.5. The molecule has 0 aliphatic carbocycles. The number of hydrogen-bond acceptors (Lipinski definition) is 5. The number of nitrogens with zero attached hydrogens (tertiary/aromatic N) is 1. The zero-order valence-electron chi connectivity index (χ0n) is 14.0. The smallest absolute Gasteiger partial charge is 0.243 e. The maximum absolute atomic E-state index is 12.0. The fourth-order valence-corrected chi connectivity index (χ4v) is 2.94. The van der Waals surface area contributed by atoms with Crippen LogP contribution in [-0.2, 0) is 11.3 Å². The van der Waals surface area contributed by atoms with Crippen molar-refractivity contribution >= 4 is 17.3 Å². The molecule has 0 saturated heterocycles. The van der Waals surface area contributed by atoms with Gasteiger partial charge in [0.25, 0.3) is 0 Å². The molecule has 2 aromatic carbocycles. The van der Waals surface area contributed by atoms with E-state index in [1.165, 1.54) is 0 Å². The van der Waals surface area contributed by atoms with Crippen LogP contribution in [0.2, 0.25) is 0 Å². The van der Waals surface area contributed by atoms with Gasteiger partial charge in [0.2, 0.25) is 11.7 Å². The third kappa shape index (κ3) is 2.82. The summed E-state index contributed by atoms with van der Waals surface area (Å²) in [5.74, 6) is 1.73. The van der Waals surface area contributed by atoms with Crippen LogP contribution in [0.5, 0.6) is 17.2 Å². The molecule has 1 heterocycles. The van der Waals surface area contributed by atoms with Crippen LogP contribution in [-0.4, -0.2) is 33.8 Å². The lowest BCUT2D eigenvalue weighted by Crippen LogP contribution is -2.37. The summed E-state index contributed by atoms with van der Waals surface area (Å²) < 4.78 is 16.3. The SMILES string of the molecule is COc1ccc(CN2CC(=O)Nc3ccccc32)c(OC)c1OC. The maximum Gasteiger partial charge on any atom is 0.243 e. The van der Waals surface area contributed by atoms with Crippen LogP contribution in [0.15, 0.2) is 36.4 Å². The number of benzene rings is 2. The molecule has 0 fully saturated rings. The topological polar surface area (TPSA) is 60.0 Å². The van der Waals surface area contributed by atoms with E-state index in [0.717, 1.165) is 16.9 Å². The Morgan fingerprint density at radius 3 is 2.46 bits per heavy atom. The summed E-state index contributed by atoms with van der Waals surface area (Å²) in [6.45, 7) is 0.808. The molecule has 0 atom stereocenters. The van der Waals surface area contributed by atoms with Crippen LogP contribution >= 0.6 is 0 Å². The predicted octanol–water partition coefficient (Wildman–Crippen LogP) is 2.67. The number of anilines is 2. The molecule has 1 aliphatic rings. The number of carbonyl (C=O) groups excluding carboxylic acids is 1. The average Bonchev–Trinajstić information content (AvgIpc) is 2.60. The molecule has 6 nitrogen and oxygen atoms in total. The Hall–Kier alpha value is -2.89. The van der Waals surface area contributed by atoms with Crippen molar-refractivity contribution in [3.8, 4) is 17.2 Å². The van der Waals surface area contributed by atoms with E-state index in [1.54, 1.807) is 21.3 Å². The normalized spacial score (nSPS) is 13.1. The Bertz CT molecular complexity index is 761. The minimum absolute atomic E-state index is 0.0341. The van der Waals surface area contributed by atoms with Crippen molar-refractivity contribution in [2.75, 3.05) is 38.1 Å². The fraction of sp³-hybridized carbons (Fsp3) is 0.278. The van der Waals surface area contributed by atoms with Crippen molar-refractivity contribution in [2.24, 2.45) is 0 Å². The highest BCUT2D eigenvalue weighted by Gasteiger charge is 2.24. The van der Waals surface area contributed by atoms with Gasteiger partial charge in [0.1, 0.15) is 0 Å². The number of nitrogens with one attached hydrogen (secondary N) is 1. The highest BCUT2D eigenvalue weighted by molar-refractivity contribution is 6.01. The minimum Gasteiger partial charge on any atom is -0.493 e. The van der Waals surface area contributed by atoms with Crippen LogP contribution in [0.4, 0.5) is 11.4 Å². The molecule has 0 radical (unpaired) electrons. The highest BCUT2D eigenvalue weighted by Crippen LogP contribution is 2.41. The van der Waals surface area contributed by atoms with Gasteiger partial charge in [-0.1, -0.05) is 12.1 Å². The molecule has 126 valence electrons. The van der Waals surface area contributed by atoms with E-state index < -0.39 is 0 Å². The zero-order chi connectivity index (χ0) is 17.1. The van der Waals surface area contributed by atoms with Crippen molar-refractivity contribution in [3.05, 3.63) is 42.0 Å². The van der Waals surface area contributed by atoms with E-state index in [0.29, 0.717) is 23.8 Å². The molecule has 24 heavy (non-hydrogen) atoms. The summed E-state index contributed by atoms with van der Waals surface area (Å²) in [5, 5.41) is 2.89. The van der Waals surface area contributed by atoms with E-state index in [-0.39, 0.29) is 12.5 Å². The minimum atomic E-state index is -0.0341. The van der Waals surface area contributed by atoms with Crippen LogP contribution in [0, 0.1) is 0 Å².